The molecule has 164 valence electrons. The summed E-state index contributed by atoms with van der Waals surface area (Å²) in [4.78, 5) is 7.13. The number of ether oxygens (including phenoxy) is 1. The summed E-state index contributed by atoms with van der Waals surface area (Å²) >= 11 is 0. The molecule has 1 aliphatic carbocycles. The highest BCUT2D eigenvalue weighted by Crippen LogP contribution is 2.35. The van der Waals surface area contributed by atoms with Crippen molar-refractivity contribution in [3.05, 3.63) is 11.6 Å². The Hall–Kier alpha value is -1.71. The summed E-state index contributed by atoms with van der Waals surface area (Å²) in [5, 5.41) is 25.7. The zero-order chi connectivity index (χ0) is 20.7. The van der Waals surface area contributed by atoms with Crippen molar-refractivity contribution >= 4 is 5.96 Å². The smallest absolute Gasteiger partial charge is 0.191 e. The minimum absolute atomic E-state index is 0.119. The van der Waals surface area contributed by atoms with E-state index >= 15 is 0 Å². The van der Waals surface area contributed by atoms with Crippen molar-refractivity contribution in [3.63, 3.8) is 0 Å². The Labute approximate surface area is 173 Å². The molecule has 0 radical (unpaired) electrons. The average molecular weight is 408 g/mol. The summed E-state index contributed by atoms with van der Waals surface area (Å²) in [6.07, 6.45) is 3.93. The third-order valence-electron chi connectivity index (χ3n) is 6.33. The van der Waals surface area contributed by atoms with Crippen LogP contribution < -0.4 is 10.6 Å². The third kappa shape index (κ3) is 6.13. The molecule has 0 spiro atoms. The van der Waals surface area contributed by atoms with Gasteiger partial charge in [-0.3, -0.25) is 4.90 Å². The fourth-order valence-corrected chi connectivity index (χ4v) is 3.94. The van der Waals surface area contributed by atoms with Crippen molar-refractivity contribution in [2.75, 3.05) is 45.9 Å². The van der Waals surface area contributed by atoms with Crippen molar-refractivity contribution in [2.24, 2.45) is 17.5 Å². The Morgan fingerprint density at radius 2 is 2.07 bits per heavy atom. The molecule has 0 amide bonds. The molecule has 9 nitrogen and oxygen atoms in total. The number of aliphatic imine (C=N–C) groups is 1. The van der Waals surface area contributed by atoms with Gasteiger partial charge >= 0.3 is 0 Å². The van der Waals surface area contributed by atoms with E-state index in [1.165, 1.54) is 6.42 Å². The van der Waals surface area contributed by atoms with Gasteiger partial charge in [0.15, 0.2) is 11.8 Å². The Kier molecular flexibility index (Phi) is 7.85. The monoisotopic (exact) mass is 407 g/mol. The van der Waals surface area contributed by atoms with E-state index in [4.69, 9.17) is 9.73 Å². The van der Waals surface area contributed by atoms with Crippen LogP contribution >= 0.6 is 0 Å². The molecule has 9 heteroatoms. The van der Waals surface area contributed by atoms with Crippen LogP contribution in [0, 0.1) is 12.3 Å². The molecule has 1 aromatic heterocycles. The Morgan fingerprint density at radius 3 is 2.76 bits per heavy atom. The summed E-state index contributed by atoms with van der Waals surface area (Å²) in [5.41, 5.74) is -0.119. The number of guanidine groups is 1. The SMILES string of the molecule is Cc1nnc(CN=C(NCCN2CCOCC2)NCC2(C)CCCCC2O)n1C. The van der Waals surface area contributed by atoms with E-state index in [1.807, 2.05) is 18.5 Å². The van der Waals surface area contributed by atoms with Crippen LogP contribution in [-0.4, -0.2) is 82.8 Å². The predicted octanol–water partition coefficient (Wildman–Crippen LogP) is 0.432. The number of hydrogen-bond donors (Lipinski definition) is 3. The molecule has 3 N–H and O–H groups in total. The molecule has 0 aromatic carbocycles. The second-order valence-corrected chi connectivity index (χ2v) is 8.54. The van der Waals surface area contributed by atoms with Crippen LogP contribution in [0.3, 0.4) is 0 Å². The molecule has 0 bridgehead atoms. The quantitative estimate of drug-likeness (QED) is 0.445. The van der Waals surface area contributed by atoms with E-state index in [2.05, 4.69) is 32.7 Å². The van der Waals surface area contributed by atoms with Crippen LogP contribution in [0.25, 0.3) is 0 Å². The van der Waals surface area contributed by atoms with Gasteiger partial charge in [0.25, 0.3) is 0 Å². The molecular weight excluding hydrogens is 370 g/mol. The van der Waals surface area contributed by atoms with E-state index in [0.29, 0.717) is 13.1 Å². The first-order chi connectivity index (χ1) is 14.0. The molecule has 1 saturated carbocycles. The normalized spacial score (nSPS) is 26.5. The second kappa shape index (κ2) is 10.4. The molecule has 2 unspecified atom stereocenters. The van der Waals surface area contributed by atoms with Crippen molar-refractivity contribution in [3.8, 4) is 0 Å². The number of nitrogens with one attached hydrogen (secondary N) is 2. The molecule has 2 atom stereocenters. The van der Waals surface area contributed by atoms with Crippen LogP contribution in [0.15, 0.2) is 4.99 Å². The van der Waals surface area contributed by atoms with Gasteiger partial charge in [-0.05, 0) is 19.8 Å². The molecule has 1 saturated heterocycles. The number of morpholine rings is 1. The lowest BCUT2D eigenvalue weighted by Gasteiger charge is -2.39. The third-order valence-corrected chi connectivity index (χ3v) is 6.33. The first kappa shape index (κ1) is 22.0. The van der Waals surface area contributed by atoms with Crippen molar-refractivity contribution in [1.29, 1.82) is 0 Å². The Bertz CT molecular complexity index is 672. The van der Waals surface area contributed by atoms with Crippen LogP contribution in [0.5, 0.6) is 0 Å². The van der Waals surface area contributed by atoms with Crippen LogP contribution in [0.4, 0.5) is 0 Å². The molecule has 2 heterocycles. The van der Waals surface area contributed by atoms with Crippen LogP contribution in [0.2, 0.25) is 0 Å². The van der Waals surface area contributed by atoms with Crippen LogP contribution in [0.1, 0.15) is 44.3 Å². The predicted molar refractivity (Wildman–Crippen MR) is 113 cm³/mol. The highest BCUT2D eigenvalue weighted by Gasteiger charge is 2.35. The van der Waals surface area contributed by atoms with E-state index in [9.17, 15) is 5.11 Å². The number of aliphatic hydroxyl groups excluding tert-OH is 1. The maximum Gasteiger partial charge on any atom is 0.191 e. The summed E-state index contributed by atoms with van der Waals surface area (Å²) < 4.78 is 7.38. The highest BCUT2D eigenvalue weighted by atomic mass is 16.5. The number of hydrogen-bond acceptors (Lipinski definition) is 6. The fourth-order valence-electron chi connectivity index (χ4n) is 3.94. The van der Waals surface area contributed by atoms with E-state index in [1.54, 1.807) is 0 Å². The molecule has 1 aliphatic heterocycles. The Morgan fingerprint density at radius 1 is 1.28 bits per heavy atom. The Balaban J connectivity index is 1.58. The van der Waals surface area contributed by atoms with Crippen LogP contribution in [-0.2, 0) is 18.3 Å². The standard InChI is InChI=1S/C20H37N7O2/c1-16-24-25-18(26(16)3)14-22-19(21-8-9-27-10-12-29-13-11-27)23-15-20(2)7-5-4-6-17(20)28/h17,28H,4-15H2,1-3H3,(H2,21,22,23). The number of rotatable bonds is 7. The van der Waals surface area contributed by atoms with Crippen molar-refractivity contribution in [2.45, 2.75) is 52.2 Å². The second-order valence-electron chi connectivity index (χ2n) is 8.54. The van der Waals surface area contributed by atoms with Gasteiger partial charge in [0.05, 0.1) is 19.3 Å². The average Bonchev–Trinajstić information content (AvgIpc) is 3.05. The van der Waals surface area contributed by atoms with E-state index < -0.39 is 0 Å². The molecule has 3 rings (SSSR count). The van der Waals surface area contributed by atoms with Gasteiger partial charge in [0, 0.05) is 45.2 Å². The zero-order valence-electron chi connectivity index (χ0n) is 18.2. The number of aryl methyl sites for hydroxylation is 1. The van der Waals surface area contributed by atoms with Gasteiger partial charge in [0.2, 0.25) is 0 Å². The van der Waals surface area contributed by atoms with Gasteiger partial charge in [-0.2, -0.15) is 0 Å². The van der Waals surface area contributed by atoms with Gasteiger partial charge in [-0.15, -0.1) is 10.2 Å². The topological polar surface area (TPSA) is 99.8 Å². The maximum absolute atomic E-state index is 10.5. The van der Waals surface area contributed by atoms with Gasteiger partial charge in [0.1, 0.15) is 12.4 Å². The molecule has 2 fully saturated rings. The zero-order valence-corrected chi connectivity index (χ0v) is 18.2. The van der Waals surface area contributed by atoms with E-state index in [-0.39, 0.29) is 11.5 Å². The maximum atomic E-state index is 10.5. The van der Waals surface area contributed by atoms with Crippen molar-refractivity contribution < 1.29 is 9.84 Å². The largest absolute Gasteiger partial charge is 0.392 e. The van der Waals surface area contributed by atoms with Gasteiger partial charge in [-0.1, -0.05) is 19.8 Å². The van der Waals surface area contributed by atoms with Gasteiger partial charge < -0.3 is 25.0 Å². The highest BCUT2D eigenvalue weighted by molar-refractivity contribution is 5.79. The minimum Gasteiger partial charge on any atom is -0.392 e. The number of aliphatic hydroxyl groups is 1. The fraction of sp³-hybridized carbons (Fsp3) is 0.850. The lowest BCUT2D eigenvalue weighted by atomic mass is 9.73. The minimum atomic E-state index is -0.264. The first-order valence-electron chi connectivity index (χ1n) is 10.8. The number of nitrogens with zero attached hydrogens (tertiary/aromatic N) is 5. The molecule has 2 aliphatic rings. The summed E-state index contributed by atoms with van der Waals surface area (Å²) in [5.74, 6) is 2.47. The molecule has 29 heavy (non-hydrogen) atoms. The summed E-state index contributed by atoms with van der Waals surface area (Å²) in [6, 6.07) is 0. The molecule has 1 aromatic rings. The van der Waals surface area contributed by atoms with Crippen molar-refractivity contribution in [1.82, 2.24) is 30.3 Å². The summed E-state index contributed by atoms with van der Waals surface area (Å²) in [7, 11) is 1.96. The lowest BCUT2D eigenvalue weighted by Crippen LogP contribution is -2.49. The lowest BCUT2D eigenvalue weighted by molar-refractivity contribution is 0.00395. The van der Waals surface area contributed by atoms with Gasteiger partial charge in [-0.25, -0.2) is 4.99 Å². The van der Waals surface area contributed by atoms with E-state index in [0.717, 1.165) is 76.3 Å². The summed E-state index contributed by atoms with van der Waals surface area (Å²) in [6.45, 7) is 10.6. The number of aromatic nitrogens is 3. The molecular formula is C20H37N7O2. The first-order valence-corrected chi connectivity index (χ1v) is 10.8.